The summed E-state index contributed by atoms with van der Waals surface area (Å²) >= 11 is 0. The zero-order valence-corrected chi connectivity index (χ0v) is 12.4. The van der Waals surface area contributed by atoms with Crippen molar-refractivity contribution in [2.24, 2.45) is 5.92 Å². The molecular weight excluding hydrogens is 252 g/mol. The molecule has 1 atom stereocenters. The highest BCUT2D eigenvalue weighted by molar-refractivity contribution is 5.12. The van der Waals surface area contributed by atoms with Gasteiger partial charge in [-0.3, -0.25) is 4.90 Å². The molecule has 2 aliphatic rings. The number of hydrogen-bond donors (Lipinski definition) is 1. The molecule has 1 aromatic heterocycles. The molecule has 20 heavy (non-hydrogen) atoms. The van der Waals surface area contributed by atoms with Crippen LogP contribution in [-0.4, -0.2) is 44.3 Å². The van der Waals surface area contributed by atoms with E-state index in [1.807, 2.05) is 0 Å². The van der Waals surface area contributed by atoms with E-state index < -0.39 is 0 Å². The van der Waals surface area contributed by atoms with Crippen molar-refractivity contribution in [2.45, 2.75) is 32.2 Å². The SMILES string of the molecule is CCc1ccc([C@@H](C2CCOCC2)N2CCNCC2)o1. The Balaban J connectivity index is 1.81. The van der Waals surface area contributed by atoms with Gasteiger partial charge < -0.3 is 14.5 Å². The van der Waals surface area contributed by atoms with Crippen LogP contribution in [-0.2, 0) is 11.2 Å². The van der Waals surface area contributed by atoms with Gasteiger partial charge in [0.05, 0.1) is 6.04 Å². The van der Waals surface area contributed by atoms with Crippen LogP contribution in [0, 0.1) is 5.92 Å². The standard InChI is InChI=1S/C16H26N2O2/c1-2-14-3-4-15(20-14)16(13-5-11-19-12-6-13)18-9-7-17-8-10-18/h3-4,13,16-17H,2,5-12H2,1H3/t16-/m1/s1. The van der Waals surface area contributed by atoms with Gasteiger partial charge in [-0.25, -0.2) is 0 Å². The minimum Gasteiger partial charge on any atom is -0.464 e. The van der Waals surface area contributed by atoms with Crippen molar-refractivity contribution in [3.05, 3.63) is 23.7 Å². The van der Waals surface area contributed by atoms with Crippen molar-refractivity contribution >= 4 is 0 Å². The van der Waals surface area contributed by atoms with Gasteiger partial charge in [0.1, 0.15) is 11.5 Å². The fraction of sp³-hybridized carbons (Fsp3) is 0.750. The predicted molar refractivity (Wildman–Crippen MR) is 78.8 cm³/mol. The fourth-order valence-corrected chi connectivity index (χ4v) is 3.45. The number of ether oxygens (including phenoxy) is 1. The number of aryl methyl sites for hydroxylation is 1. The number of furan rings is 1. The highest BCUT2D eigenvalue weighted by Crippen LogP contribution is 2.36. The van der Waals surface area contributed by atoms with E-state index in [0.29, 0.717) is 12.0 Å². The first-order valence-corrected chi connectivity index (χ1v) is 7.99. The third-order valence-corrected chi connectivity index (χ3v) is 4.58. The smallest absolute Gasteiger partial charge is 0.121 e. The van der Waals surface area contributed by atoms with E-state index in [2.05, 4.69) is 29.3 Å². The molecule has 0 saturated carbocycles. The molecule has 3 heterocycles. The van der Waals surface area contributed by atoms with Crippen LogP contribution in [0.2, 0.25) is 0 Å². The molecule has 3 rings (SSSR count). The van der Waals surface area contributed by atoms with Crippen molar-refractivity contribution < 1.29 is 9.15 Å². The van der Waals surface area contributed by atoms with Crippen molar-refractivity contribution in [1.29, 1.82) is 0 Å². The second-order valence-electron chi connectivity index (χ2n) is 5.84. The summed E-state index contributed by atoms with van der Waals surface area (Å²) in [5, 5.41) is 3.44. The number of nitrogens with one attached hydrogen (secondary N) is 1. The van der Waals surface area contributed by atoms with Gasteiger partial charge in [0.2, 0.25) is 0 Å². The maximum Gasteiger partial charge on any atom is 0.121 e. The number of nitrogens with zero attached hydrogens (tertiary/aromatic N) is 1. The molecule has 2 fully saturated rings. The van der Waals surface area contributed by atoms with Crippen LogP contribution in [0.25, 0.3) is 0 Å². The number of rotatable bonds is 4. The van der Waals surface area contributed by atoms with Crippen LogP contribution in [0.5, 0.6) is 0 Å². The average Bonchev–Trinajstić information content (AvgIpc) is 2.98. The summed E-state index contributed by atoms with van der Waals surface area (Å²) in [6.07, 6.45) is 3.27. The summed E-state index contributed by atoms with van der Waals surface area (Å²) in [7, 11) is 0. The molecule has 0 bridgehead atoms. The molecule has 2 aliphatic heterocycles. The average molecular weight is 278 g/mol. The van der Waals surface area contributed by atoms with E-state index in [1.165, 1.54) is 0 Å². The second-order valence-corrected chi connectivity index (χ2v) is 5.84. The van der Waals surface area contributed by atoms with Crippen molar-refractivity contribution in [1.82, 2.24) is 10.2 Å². The fourth-order valence-electron chi connectivity index (χ4n) is 3.45. The Bertz CT molecular complexity index is 388. The summed E-state index contributed by atoms with van der Waals surface area (Å²) in [6, 6.07) is 4.77. The maximum atomic E-state index is 6.10. The molecule has 2 saturated heterocycles. The lowest BCUT2D eigenvalue weighted by atomic mass is 9.88. The van der Waals surface area contributed by atoms with Gasteiger partial charge in [-0.15, -0.1) is 0 Å². The largest absolute Gasteiger partial charge is 0.464 e. The number of hydrogen-bond acceptors (Lipinski definition) is 4. The van der Waals surface area contributed by atoms with Crippen LogP contribution in [0.1, 0.15) is 37.3 Å². The second kappa shape index (κ2) is 6.74. The molecule has 0 unspecified atom stereocenters. The molecule has 0 radical (unpaired) electrons. The molecule has 112 valence electrons. The van der Waals surface area contributed by atoms with Gasteiger partial charge in [0.25, 0.3) is 0 Å². The summed E-state index contributed by atoms with van der Waals surface area (Å²) in [5.74, 6) is 2.93. The molecular formula is C16H26N2O2. The lowest BCUT2D eigenvalue weighted by molar-refractivity contribution is 0.0145. The third kappa shape index (κ3) is 3.08. The molecule has 4 heteroatoms. The van der Waals surface area contributed by atoms with Gasteiger partial charge in [0.15, 0.2) is 0 Å². The van der Waals surface area contributed by atoms with Gasteiger partial charge in [-0.05, 0) is 30.9 Å². The zero-order chi connectivity index (χ0) is 13.8. The topological polar surface area (TPSA) is 37.6 Å². The minimum absolute atomic E-state index is 0.432. The van der Waals surface area contributed by atoms with Gasteiger partial charge in [-0.1, -0.05) is 6.92 Å². The Morgan fingerprint density at radius 3 is 2.65 bits per heavy atom. The van der Waals surface area contributed by atoms with Crippen molar-refractivity contribution in [3.8, 4) is 0 Å². The van der Waals surface area contributed by atoms with E-state index in [0.717, 1.165) is 70.2 Å². The number of piperazine rings is 1. The molecule has 0 aliphatic carbocycles. The van der Waals surface area contributed by atoms with Gasteiger partial charge >= 0.3 is 0 Å². The summed E-state index contributed by atoms with van der Waals surface area (Å²) in [4.78, 5) is 2.60. The van der Waals surface area contributed by atoms with Crippen LogP contribution in [0.4, 0.5) is 0 Å². The molecule has 1 N–H and O–H groups in total. The predicted octanol–water partition coefficient (Wildman–Crippen LogP) is 2.21. The van der Waals surface area contributed by atoms with Crippen LogP contribution in [0.3, 0.4) is 0 Å². The maximum absolute atomic E-state index is 6.10. The lowest BCUT2D eigenvalue weighted by Gasteiger charge is -2.39. The van der Waals surface area contributed by atoms with Crippen molar-refractivity contribution in [3.63, 3.8) is 0 Å². The van der Waals surface area contributed by atoms with Crippen LogP contribution >= 0.6 is 0 Å². The summed E-state index contributed by atoms with van der Waals surface area (Å²) in [5.41, 5.74) is 0. The first-order valence-electron chi connectivity index (χ1n) is 7.99. The Morgan fingerprint density at radius 1 is 1.25 bits per heavy atom. The molecule has 0 amide bonds. The van der Waals surface area contributed by atoms with E-state index in [4.69, 9.17) is 9.15 Å². The summed E-state index contributed by atoms with van der Waals surface area (Å²) in [6.45, 7) is 8.34. The van der Waals surface area contributed by atoms with Gasteiger partial charge in [0, 0.05) is 45.8 Å². The van der Waals surface area contributed by atoms with Crippen LogP contribution < -0.4 is 5.32 Å². The first kappa shape index (κ1) is 14.1. The quantitative estimate of drug-likeness (QED) is 0.916. The van der Waals surface area contributed by atoms with E-state index in [9.17, 15) is 0 Å². The molecule has 4 nitrogen and oxygen atoms in total. The van der Waals surface area contributed by atoms with E-state index >= 15 is 0 Å². The monoisotopic (exact) mass is 278 g/mol. The minimum atomic E-state index is 0.432. The molecule has 0 spiro atoms. The molecule has 1 aromatic rings. The lowest BCUT2D eigenvalue weighted by Crippen LogP contribution is -2.47. The van der Waals surface area contributed by atoms with E-state index in [1.54, 1.807) is 0 Å². The zero-order valence-electron chi connectivity index (χ0n) is 12.4. The Labute approximate surface area is 121 Å². The highest BCUT2D eigenvalue weighted by atomic mass is 16.5. The molecule has 0 aromatic carbocycles. The normalized spacial score (nSPS) is 23.9. The Hall–Kier alpha value is -0.840. The Morgan fingerprint density at radius 2 is 2.00 bits per heavy atom. The Kier molecular flexibility index (Phi) is 4.76. The van der Waals surface area contributed by atoms with E-state index in [-0.39, 0.29) is 0 Å². The summed E-state index contributed by atoms with van der Waals surface area (Å²) < 4.78 is 11.6. The highest BCUT2D eigenvalue weighted by Gasteiger charge is 2.33. The third-order valence-electron chi connectivity index (χ3n) is 4.58. The van der Waals surface area contributed by atoms with Gasteiger partial charge in [-0.2, -0.15) is 0 Å². The van der Waals surface area contributed by atoms with Crippen LogP contribution in [0.15, 0.2) is 16.5 Å². The first-order chi connectivity index (χ1) is 9.88. The van der Waals surface area contributed by atoms with Crippen molar-refractivity contribution in [2.75, 3.05) is 39.4 Å².